The molecule has 12 heteroatoms. The Balaban J connectivity index is 1.67. The fourth-order valence-electron chi connectivity index (χ4n) is 4.36. The molecule has 0 saturated carbocycles. The van der Waals surface area contributed by atoms with Crippen LogP contribution in [0.2, 0.25) is 0 Å². The lowest BCUT2D eigenvalue weighted by Gasteiger charge is -2.32. The summed E-state index contributed by atoms with van der Waals surface area (Å²) in [7, 11) is -7.90. The summed E-state index contributed by atoms with van der Waals surface area (Å²) in [6.07, 6.45) is 1.55. The Hall–Kier alpha value is -1.96. The van der Waals surface area contributed by atoms with Crippen LogP contribution in [-0.4, -0.2) is 75.1 Å². The monoisotopic (exact) mass is 498 g/mol. The number of nitrogens with zero attached hydrogens (tertiary/aromatic N) is 3. The number of ether oxygens (including phenoxy) is 1. The van der Waals surface area contributed by atoms with E-state index < -0.39 is 43.6 Å². The molecule has 1 aromatic carbocycles. The standard InChI is InChI=1S/C21H27FN4O5S2/c22-20-4-2-1-3-19(20)17-12-18(15-32(27,28)21-11-16(13-23)5-6-24-21)26(14-17)33(29,30)25-7-9-31-10-8-25/h1-6,11,17-18H,7-10,12-15,23H2. The lowest BCUT2D eigenvalue weighted by molar-refractivity contribution is 0.0700. The van der Waals surface area contributed by atoms with Gasteiger partial charge in [0.25, 0.3) is 10.2 Å². The van der Waals surface area contributed by atoms with Gasteiger partial charge in [-0.25, -0.2) is 17.8 Å². The first-order valence-electron chi connectivity index (χ1n) is 10.7. The van der Waals surface area contributed by atoms with Gasteiger partial charge in [-0.15, -0.1) is 0 Å². The highest BCUT2D eigenvalue weighted by Crippen LogP contribution is 2.37. The summed E-state index contributed by atoms with van der Waals surface area (Å²) in [5.74, 6) is -1.36. The zero-order valence-electron chi connectivity index (χ0n) is 18.0. The van der Waals surface area contributed by atoms with Crippen LogP contribution < -0.4 is 5.73 Å². The minimum atomic E-state index is -3.97. The van der Waals surface area contributed by atoms with Crippen molar-refractivity contribution in [2.75, 3.05) is 38.6 Å². The number of rotatable bonds is 7. The summed E-state index contributed by atoms with van der Waals surface area (Å²) >= 11 is 0. The number of aromatic nitrogens is 1. The number of hydrogen-bond donors (Lipinski definition) is 1. The van der Waals surface area contributed by atoms with Crippen LogP contribution >= 0.6 is 0 Å². The summed E-state index contributed by atoms with van der Waals surface area (Å²) in [5.41, 5.74) is 6.61. The molecule has 0 bridgehead atoms. The highest BCUT2D eigenvalue weighted by molar-refractivity contribution is 7.91. The van der Waals surface area contributed by atoms with E-state index in [1.807, 2.05) is 0 Å². The fraction of sp³-hybridized carbons (Fsp3) is 0.476. The number of benzene rings is 1. The van der Waals surface area contributed by atoms with Crippen LogP contribution in [0.5, 0.6) is 0 Å². The van der Waals surface area contributed by atoms with E-state index in [-0.39, 0.29) is 50.8 Å². The van der Waals surface area contributed by atoms with Crippen LogP contribution in [0.25, 0.3) is 0 Å². The molecule has 0 amide bonds. The van der Waals surface area contributed by atoms with Crippen molar-refractivity contribution < 1.29 is 26.0 Å². The van der Waals surface area contributed by atoms with Crippen LogP contribution in [0.3, 0.4) is 0 Å². The first-order valence-corrected chi connectivity index (χ1v) is 13.7. The largest absolute Gasteiger partial charge is 0.379 e. The normalized spacial score (nSPS) is 23.1. The van der Waals surface area contributed by atoms with E-state index >= 15 is 0 Å². The maximum absolute atomic E-state index is 14.5. The third-order valence-electron chi connectivity index (χ3n) is 6.07. The second-order valence-electron chi connectivity index (χ2n) is 8.18. The van der Waals surface area contributed by atoms with Crippen molar-refractivity contribution in [1.82, 2.24) is 13.6 Å². The molecule has 3 heterocycles. The number of nitrogens with two attached hydrogens (primary N) is 1. The van der Waals surface area contributed by atoms with Crippen LogP contribution in [0.15, 0.2) is 47.6 Å². The minimum absolute atomic E-state index is 0.00290. The van der Waals surface area contributed by atoms with Gasteiger partial charge in [0.05, 0.1) is 19.0 Å². The molecular formula is C21H27FN4O5S2. The van der Waals surface area contributed by atoms with E-state index in [9.17, 15) is 21.2 Å². The van der Waals surface area contributed by atoms with Gasteiger partial charge in [-0.05, 0) is 35.7 Å². The van der Waals surface area contributed by atoms with Crippen molar-refractivity contribution in [3.8, 4) is 0 Å². The Morgan fingerprint density at radius 3 is 2.55 bits per heavy atom. The maximum Gasteiger partial charge on any atom is 0.282 e. The van der Waals surface area contributed by atoms with Crippen molar-refractivity contribution in [2.45, 2.75) is 30.0 Å². The minimum Gasteiger partial charge on any atom is -0.379 e. The molecule has 2 unspecified atom stereocenters. The highest BCUT2D eigenvalue weighted by atomic mass is 32.2. The summed E-state index contributed by atoms with van der Waals surface area (Å²) in [4.78, 5) is 3.97. The van der Waals surface area contributed by atoms with Crippen molar-refractivity contribution in [1.29, 1.82) is 0 Å². The second kappa shape index (κ2) is 9.72. The van der Waals surface area contributed by atoms with Gasteiger partial charge in [0.15, 0.2) is 14.9 Å². The molecule has 2 saturated heterocycles. The number of pyridine rings is 1. The highest BCUT2D eigenvalue weighted by Gasteiger charge is 2.45. The van der Waals surface area contributed by atoms with Gasteiger partial charge in [-0.1, -0.05) is 18.2 Å². The molecule has 2 aliphatic rings. The quantitative estimate of drug-likeness (QED) is 0.601. The summed E-state index contributed by atoms with van der Waals surface area (Å²) < 4.78 is 75.5. The lowest BCUT2D eigenvalue weighted by atomic mass is 9.96. The van der Waals surface area contributed by atoms with Crippen LogP contribution in [0, 0.1) is 5.82 Å². The van der Waals surface area contributed by atoms with Gasteiger partial charge in [0, 0.05) is 44.3 Å². The smallest absolute Gasteiger partial charge is 0.282 e. The van der Waals surface area contributed by atoms with Gasteiger partial charge in [-0.3, -0.25) is 0 Å². The molecule has 1 aromatic heterocycles. The Bertz CT molecular complexity index is 1200. The molecule has 2 aromatic rings. The van der Waals surface area contributed by atoms with Crippen molar-refractivity contribution in [3.63, 3.8) is 0 Å². The zero-order valence-corrected chi connectivity index (χ0v) is 19.6. The molecule has 0 spiro atoms. The van der Waals surface area contributed by atoms with E-state index in [1.54, 1.807) is 24.3 Å². The maximum atomic E-state index is 14.5. The zero-order chi connectivity index (χ0) is 23.6. The Morgan fingerprint density at radius 2 is 1.85 bits per heavy atom. The van der Waals surface area contributed by atoms with Crippen LogP contribution in [0.1, 0.15) is 23.5 Å². The molecule has 2 aliphatic heterocycles. The van der Waals surface area contributed by atoms with E-state index in [1.165, 1.54) is 26.9 Å². The molecule has 4 rings (SSSR count). The molecule has 2 N–H and O–H groups in total. The first kappa shape index (κ1) is 24.2. The van der Waals surface area contributed by atoms with Gasteiger partial charge >= 0.3 is 0 Å². The number of morpholine rings is 1. The topological polar surface area (TPSA) is 123 Å². The number of sulfone groups is 1. The predicted molar refractivity (Wildman–Crippen MR) is 120 cm³/mol. The molecule has 2 atom stereocenters. The van der Waals surface area contributed by atoms with Gasteiger partial charge in [0.1, 0.15) is 5.82 Å². The average Bonchev–Trinajstić information content (AvgIpc) is 3.23. The third kappa shape index (κ3) is 5.10. The van der Waals surface area contributed by atoms with Crippen molar-refractivity contribution >= 4 is 20.0 Å². The molecular weight excluding hydrogens is 471 g/mol. The Kier molecular flexibility index (Phi) is 7.12. The van der Waals surface area contributed by atoms with Gasteiger partial charge < -0.3 is 10.5 Å². The molecule has 33 heavy (non-hydrogen) atoms. The molecule has 180 valence electrons. The van der Waals surface area contributed by atoms with E-state index in [4.69, 9.17) is 10.5 Å². The Morgan fingerprint density at radius 1 is 1.12 bits per heavy atom. The van der Waals surface area contributed by atoms with E-state index in [0.29, 0.717) is 11.1 Å². The predicted octanol–water partition coefficient (Wildman–Crippen LogP) is 0.888. The summed E-state index contributed by atoms with van der Waals surface area (Å²) in [6.45, 7) is 1.05. The van der Waals surface area contributed by atoms with Crippen LogP contribution in [0.4, 0.5) is 4.39 Å². The SMILES string of the molecule is NCc1ccnc(S(=O)(=O)CC2CC(c3ccccc3F)CN2S(=O)(=O)N2CCOCC2)c1. The average molecular weight is 499 g/mol. The Labute approximate surface area is 193 Å². The molecule has 0 aliphatic carbocycles. The number of halogens is 1. The van der Waals surface area contributed by atoms with Crippen LogP contribution in [-0.2, 0) is 31.3 Å². The van der Waals surface area contributed by atoms with Crippen molar-refractivity contribution in [2.24, 2.45) is 5.73 Å². The van der Waals surface area contributed by atoms with E-state index in [0.717, 1.165) is 0 Å². The van der Waals surface area contributed by atoms with Crippen molar-refractivity contribution in [3.05, 3.63) is 59.5 Å². The fourth-order valence-corrected chi connectivity index (χ4v) is 7.82. The molecule has 0 radical (unpaired) electrons. The third-order valence-corrected chi connectivity index (χ3v) is 9.81. The van der Waals surface area contributed by atoms with Gasteiger partial charge in [-0.2, -0.15) is 17.0 Å². The van der Waals surface area contributed by atoms with Gasteiger partial charge in [0.2, 0.25) is 0 Å². The first-order chi connectivity index (χ1) is 15.7. The number of hydrogen-bond acceptors (Lipinski definition) is 7. The second-order valence-corrected chi connectivity index (χ2v) is 12.0. The summed E-state index contributed by atoms with van der Waals surface area (Å²) in [5, 5.41) is -0.150. The molecule has 9 nitrogen and oxygen atoms in total. The van der Waals surface area contributed by atoms with E-state index in [2.05, 4.69) is 4.98 Å². The summed E-state index contributed by atoms with van der Waals surface area (Å²) in [6, 6.07) is 8.35. The molecule has 2 fully saturated rings. The lowest BCUT2D eigenvalue weighted by Crippen LogP contribution is -2.51.